The van der Waals surface area contributed by atoms with Gasteiger partial charge in [0.1, 0.15) is 0 Å². The summed E-state index contributed by atoms with van der Waals surface area (Å²) >= 11 is 0. The summed E-state index contributed by atoms with van der Waals surface area (Å²) in [7, 11) is 0. The van der Waals surface area contributed by atoms with E-state index in [-0.39, 0.29) is 11.9 Å². The summed E-state index contributed by atoms with van der Waals surface area (Å²) in [4.78, 5) is 10.9. The Morgan fingerprint density at radius 1 is 1.54 bits per heavy atom. The minimum Gasteiger partial charge on any atom is -0.463 e. The second-order valence-corrected chi connectivity index (χ2v) is 2.92. The third-order valence-electron chi connectivity index (χ3n) is 1.86. The van der Waals surface area contributed by atoms with Crippen molar-refractivity contribution in [2.24, 2.45) is 5.92 Å². The molecule has 1 N–H and O–H groups in total. The van der Waals surface area contributed by atoms with Crippen molar-refractivity contribution in [2.75, 3.05) is 6.61 Å². The smallest absolute Gasteiger partial charge is 0.330 e. The molecular weight excluding hydrogens is 168 g/mol. The van der Waals surface area contributed by atoms with E-state index in [4.69, 9.17) is 4.74 Å². The molecule has 0 heterocycles. The molecule has 0 aliphatic heterocycles. The molecule has 76 valence electrons. The first-order valence-electron chi connectivity index (χ1n) is 4.64. The van der Waals surface area contributed by atoms with E-state index in [1.165, 1.54) is 6.08 Å². The first-order valence-corrected chi connectivity index (χ1v) is 4.64. The Morgan fingerprint density at radius 2 is 2.15 bits per heavy atom. The molecule has 0 saturated carbocycles. The molecule has 0 aromatic carbocycles. The van der Waals surface area contributed by atoms with Crippen LogP contribution in [0.1, 0.15) is 27.2 Å². The molecule has 3 nitrogen and oxygen atoms in total. The third kappa shape index (κ3) is 5.42. The van der Waals surface area contributed by atoms with Gasteiger partial charge in [-0.05, 0) is 20.3 Å². The number of aliphatic hydroxyl groups is 1. The van der Waals surface area contributed by atoms with Gasteiger partial charge < -0.3 is 9.84 Å². The SMILES string of the molecule is CCOC(=O)/C=C/[C@H](CC)[C@@H](C)O. The molecule has 0 aromatic heterocycles. The number of carbonyl (C=O) groups excluding carboxylic acids is 1. The highest BCUT2D eigenvalue weighted by atomic mass is 16.5. The first kappa shape index (κ1) is 12.2. The standard InChI is InChI=1S/C10H18O3/c1-4-9(8(3)11)6-7-10(12)13-5-2/h6-9,11H,4-5H2,1-3H3/b7-6+/t8-,9+/m1/s1. The van der Waals surface area contributed by atoms with Crippen molar-refractivity contribution in [1.29, 1.82) is 0 Å². The Labute approximate surface area is 79.4 Å². The van der Waals surface area contributed by atoms with Crippen molar-refractivity contribution in [3.05, 3.63) is 12.2 Å². The maximum absolute atomic E-state index is 10.9. The zero-order valence-electron chi connectivity index (χ0n) is 8.49. The molecule has 0 bridgehead atoms. The molecule has 0 spiro atoms. The second kappa shape index (κ2) is 6.66. The van der Waals surface area contributed by atoms with Crippen LogP contribution in [0.15, 0.2) is 12.2 Å². The summed E-state index contributed by atoms with van der Waals surface area (Å²) in [5.41, 5.74) is 0. The van der Waals surface area contributed by atoms with Crippen molar-refractivity contribution in [1.82, 2.24) is 0 Å². The topological polar surface area (TPSA) is 46.5 Å². The highest BCUT2D eigenvalue weighted by Gasteiger charge is 2.08. The average Bonchev–Trinajstić information content (AvgIpc) is 2.05. The zero-order valence-corrected chi connectivity index (χ0v) is 8.49. The minimum atomic E-state index is -0.421. The number of ether oxygens (including phenoxy) is 1. The van der Waals surface area contributed by atoms with Crippen molar-refractivity contribution in [3.63, 3.8) is 0 Å². The molecule has 0 unspecified atom stereocenters. The fourth-order valence-corrected chi connectivity index (χ4v) is 1.03. The highest BCUT2D eigenvalue weighted by molar-refractivity contribution is 5.81. The van der Waals surface area contributed by atoms with Crippen LogP contribution >= 0.6 is 0 Å². The van der Waals surface area contributed by atoms with Crippen molar-refractivity contribution >= 4 is 5.97 Å². The lowest BCUT2D eigenvalue weighted by Crippen LogP contribution is -2.13. The second-order valence-electron chi connectivity index (χ2n) is 2.92. The normalized spacial score (nSPS) is 15.7. The Kier molecular flexibility index (Phi) is 6.24. The summed E-state index contributed by atoms with van der Waals surface area (Å²) in [6.45, 7) is 5.82. The zero-order chi connectivity index (χ0) is 10.3. The van der Waals surface area contributed by atoms with E-state index in [1.54, 1.807) is 19.9 Å². The fourth-order valence-electron chi connectivity index (χ4n) is 1.03. The Hall–Kier alpha value is -0.830. The number of aliphatic hydroxyl groups excluding tert-OH is 1. The Balaban J connectivity index is 3.99. The van der Waals surface area contributed by atoms with Gasteiger partial charge in [0.2, 0.25) is 0 Å². The number of rotatable bonds is 5. The van der Waals surface area contributed by atoms with Crippen LogP contribution in [0, 0.1) is 5.92 Å². The predicted molar refractivity (Wildman–Crippen MR) is 51.2 cm³/mol. The maximum Gasteiger partial charge on any atom is 0.330 e. The maximum atomic E-state index is 10.9. The molecule has 0 saturated heterocycles. The van der Waals surface area contributed by atoms with Crippen LogP contribution in [0.5, 0.6) is 0 Å². The van der Waals surface area contributed by atoms with Crippen LogP contribution < -0.4 is 0 Å². The van der Waals surface area contributed by atoms with Crippen LogP contribution in [0.25, 0.3) is 0 Å². The molecule has 0 aliphatic carbocycles. The van der Waals surface area contributed by atoms with E-state index in [0.29, 0.717) is 6.61 Å². The van der Waals surface area contributed by atoms with E-state index in [9.17, 15) is 9.90 Å². The molecule has 0 aliphatic rings. The van der Waals surface area contributed by atoms with Crippen molar-refractivity contribution in [2.45, 2.75) is 33.3 Å². The molecule has 13 heavy (non-hydrogen) atoms. The summed E-state index contributed by atoms with van der Waals surface area (Å²) in [5, 5.41) is 9.25. The summed E-state index contributed by atoms with van der Waals surface area (Å²) < 4.78 is 4.71. The monoisotopic (exact) mass is 186 g/mol. The van der Waals surface area contributed by atoms with Gasteiger partial charge in [-0.25, -0.2) is 4.79 Å². The van der Waals surface area contributed by atoms with E-state index >= 15 is 0 Å². The van der Waals surface area contributed by atoms with Gasteiger partial charge in [-0.2, -0.15) is 0 Å². The molecular formula is C10H18O3. The highest BCUT2D eigenvalue weighted by Crippen LogP contribution is 2.09. The first-order chi connectivity index (χ1) is 6.11. The van der Waals surface area contributed by atoms with E-state index in [1.807, 2.05) is 6.92 Å². The van der Waals surface area contributed by atoms with Gasteiger partial charge in [0.25, 0.3) is 0 Å². The van der Waals surface area contributed by atoms with Crippen LogP contribution in [-0.2, 0) is 9.53 Å². The predicted octanol–water partition coefficient (Wildman–Crippen LogP) is 1.51. The van der Waals surface area contributed by atoms with Gasteiger partial charge in [0.05, 0.1) is 12.7 Å². The minimum absolute atomic E-state index is 0.0319. The van der Waals surface area contributed by atoms with Crippen molar-refractivity contribution in [3.8, 4) is 0 Å². The molecule has 0 aromatic rings. The number of hydrogen-bond acceptors (Lipinski definition) is 3. The Morgan fingerprint density at radius 3 is 2.54 bits per heavy atom. The largest absolute Gasteiger partial charge is 0.463 e. The molecule has 0 fully saturated rings. The van der Waals surface area contributed by atoms with Gasteiger partial charge in [-0.1, -0.05) is 13.0 Å². The number of carbonyl (C=O) groups is 1. The molecule has 0 amide bonds. The van der Waals surface area contributed by atoms with Crippen LogP contribution in [0.3, 0.4) is 0 Å². The van der Waals surface area contributed by atoms with Gasteiger partial charge in [-0.15, -0.1) is 0 Å². The van der Waals surface area contributed by atoms with Crippen LogP contribution in [-0.4, -0.2) is 23.8 Å². The molecule has 2 atom stereocenters. The van der Waals surface area contributed by atoms with Gasteiger partial charge in [-0.3, -0.25) is 0 Å². The van der Waals surface area contributed by atoms with Crippen molar-refractivity contribution < 1.29 is 14.6 Å². The lowest BCUT2D eigenvalue weighted by atomic mass is 10.0. The molecule has 0 radical (unpaired) electrons. The van der Waals surface area contributed by atoms with Crippen LogP contribution in [0.2, 0.25) is 0 Å². The van der Waals surface area contributed by atoms with E-state index in [2.05, 4.69) is 0 Å². The number of hydrogen-bond donors (Lipinski definition) is 1. The lowest BCUT2D eigenvalue weighted by Gasteiger charge is -2.12. The van der Waals surface area contributed by atoms with Gasteiger partial charge >= 0.3 is 5.97 Å². The third-order valence-corrected chi connectivity index (χ3v) is 1.86. The Bertz CT molecular complexity index is 173. The fraction of sp³-hybridized carbons (Fsp3) is 0.700. The number of esters is 1. The quantitative estimate of drug-likeness (QED) is 0.523. The summed E-state index contributed by atoms with van der Waals surface area (Å²) in [5.74, 6) is -0.314. The summed E-state index contributed by atoms with van der Waals surface area (Å²) in [6.07, 6.45) is 3.47. The molecule has 0 rings (SSSR count). The molecule has 3 heteroatoms. The van der Waals surface area contributed by atoms with E-state index < -0.39 is 6.10 Å². The van der Waals surface area contributed by atoms with E-state index in [0.717, 1.165) is 6.42 Å². The average molecular weight is 186 g/mol. The van der Waals surface area contributed by atoms with Gasteiger partial charge in [0.15, 0.2) is 0 Å². The lowest BCUT2D eigenvalue weighted by molar-refractivity contribution is -0.137. The van der Waals surface area contributed by atoms with Gasteiger partial charge in [0, 0.05) is 12.0 Å². The van der Waals surface area contributed by atoms with Crippen LogP contribution in [0.4, 0.5) is 0 Å². The summed E-state index contributed by atoms with van der Waals surface area (Å²) in [6, 6.07) is 0.